The number of nitriles is 1. The number of amides is 2. The van der Waals surface area contributed by atoms with Gasteiger partial charge in [-0.3, -0.25) is 14.6 Å². The van der Waals surface area contributed by atoms with Crippen molar-refractivity contribution in [2.45, 2.75) is 12.8 Å². The van der Waals surface area contributed by atoms with Crippen LogP contribution in [0.25, 0.3) is 11.0 Å². The standard InChI is InChI=1S/C27H19F2N5O4/c1-37-23-13-19-24(34-20(23)14-30)22(8-11-31-19)38-21-7-6-17(12-18(21)29)33-26(36)27(9-10-27)25(35)32-16-4-2-15(28)3-5-16/h2-8,11-13H,9-10H2,1H3,(H,32,35)(H,33,36). The van der Waals surface area contributed by atoms with Gasteiger partial charge in [0.2, 0.25) is 11.8 Å². The number of aromatic nitrogens is 2. The van der Waals surface area contributed by atoms with Gasteiger partial charge in [-0.05, 0) is 49.2 Å². The lowest BCUT2D eigenvalue weighted by molar-refractivity contribution is -0.131. The normalized spacial score (nSPS) is 13.3. The van der Waals surface area contributed by atoms with Crippen LogP contribution in [0.2, 0.25) is 0 Å². The number of carbonyl (C=O) groups excluding carboxylic acids is 2. The smallest absolute Gasteiger partial charge is 0.240 e. The molecule has 9 nitrogen and oxygen atoms in total. The van der Waals surface area contributed by atoms with Gasteiger partial charge in [0.1, 0.15) is 22.8 Å². The van der Waals surface area contributed by atoms with Crippen LogP contribution in [-0.2, 0) is 9.59 Å². The van der Waals surface area contributed by atoms with Crippen LogP contribution in [0.5, 0.6) is 17.2 Å². The highest BCUT2D eigenvalue weighted by Gasteiger charge is 2.56. The number of benzene rings is 2. The lowest BCUT2D eigenvalue weighted by Crippen LogP contribution is -2.35. The molecular formula is C27H19F2N5O4. The summed E-state index contributed by atoms with van der Waals surface area (Å²) in [7, 11) is 1.41. The first kappa shape index (κ1) is 24.6. The fourth-order valence-electron chi connectivity index (χ4n) is 3.84. The van der Waals surface area contributed by atoms with Crippen LogP contribution in [0.15, 0.2) is 60.8 Å². The quantitative estimate of drug-likeness (QED) is 0.334. The zero-order chi connectivity index (χ0) is 26.9. The van der Waals surface area contributed by atoms with E-state index in [1.165, 1.54) is 61.8 Å². The topological polar surface area (TPSA) is 126 Å². The van der Waals surface area contributed by atoms with Gasteiger partial charge in [0, 0.05) is 35.8 Å². The second-order valence-electron chi connectivity index (χ2n) is 8.57. The van der Waals surface area contributed by atoms with E-state index in [2.05, 4.69) is 20.6 Å². The van der Waals surface area contributed by atoms with E-state index in [4.69, 9.17) is 9.47 Å². The van der Waals surface area contributed by atoms with E-state index < -0.39 is 28.9 Å². The molecule has 1 fully saturated rings. The highest BCUT2D eigenvalue weighted by atomic mass is 19.1. The number of halogens is 2. The fraction of sp³-hybridized carbons (Fsp3) is 0.148. The third-order valence-electron chi connectivity index (χ3n) is 6.10. The molecule has 1 aliphatic rings. The number of pyridine rings is 2. The molecule has 4 aromatic rings. The molecule has 11 heteroatoms. The summed E-state index contributed by atoms with van der Waals surface area (Å²) < 4.78 is 38.9. The molecule has 38 heavy (non-hydrogen) atoms. The Morgan fingerprint density at radius 1 is 0.947 bits per heavy atom. The van der Waals surface area contributed by atoms with Crippen molar-refractivity contribution in [3.63, 3.8) is 0 Å². The fourth-order valence-corrected chi connectivity index (χ4v) is 3.84. The third-order valence-corrected chi connectivity index (χ3v) is 6.10. The molecule has 2 amide bonds. The predicted octanol–water partition coefficient (Wildman–Crippen LogP) is 4.94. The van der Waals surface area contributed by atoms with Crippen molar-refractivity contribution in [2.75, 3.05) is 17.7 Å². The van der Waals surface area contributed by atoms with Crippen molar-refractivity contribution in [2.24, 2.45) is 5.41 Å². The summed E-state index contributed by atoms with van der Waals surface area (Å²) in [5.74, 6) is -2.06. The second kappa shape index (κ2) is 9.74. The molecule has 0 bridgehead atoms. The molecule has 2 aromatic heterocycles. The molecule has 0 spiro atoms. The summed E-state index contributed by atoms with van der Waals surface area (Å²) in [4.78, 5) is 34.0. The SMILES string of the molecule is COc1cc2nccc(Oc3ccc(NC(=O)C4(C(=O)Nc5ccc(F)cc5)CC4)cc3F)c2nc1C#N. The van der Waals surface area contributed by atoms with E-state index >= 15 is 0 Å². The number of ether oxygens (including phenoxy) is 2. The number of anilines is 2. The number of nitrogens with one attached hydrogen (secondary N) is 2. The van der Waals surface area contributed by atoms with Gasteiger partial charge in [0.15, 0.2) is 28.8 Å². The van der Waals surface area contributed by atoms with E-state index in [9.17, 15) is 23.6 Å². The number of nitrogens with zero attached hydrogens (tertiary/aromatic N) is 3. The molecule has 2 aromatic carbocycles. The number of hydrogen-bond donors (Lipinski definition) is 2. The van der Waals surface area contributed by atoms with Gasteiger partial charge in [-0.1, -0.05) is 0 Å². The zero-order valence-corrected chi connectivity index (χ0v) is 19.9. The molecule has 2 N–H and O–H groups in total. The molecule has 0 radical (unpaired) electrons. The summed E-state index contributed by atoms with van der Waals surface area (Å²) in [5.41, 5.74) is -0.146. The third kappa shape index (κ3) is 4.67. The second-order valence-corrected chi connectivity index (χ2v) is 8.57. The largest absolute Gasteiger partial charge is 0.494 e. The molecule has 1 aliphatic carbocycles. The van der Waals surface area contributed by atoms with Gasteiger partial charge < -0.3 is 20.1 Å². The summed E-state index contributed by atoms with van der Waals surface area (Å²) in [6.07, 6.45) is 2.10. The number of hydrogen-bond acceptors (Lipinski definition) is 7. The molecule has 0 unspecified atom stereocenters. The van der Waals surface area contributed by atoms with Crippen molar-refractivity contribution in [1.82, 2.24) is 9.97 Å². The average molecular weight is 515 g/mol. The van der Waals surface area contributed by atoms with Gasteiger partial charge in [-0.15, -0.1) is 0 Å². The van der Waals surface area contributed by atoms with Gasteiger partial charge in [-0.25, -0.2) is 13.8 Å². The summed E-state index contributed by atoms with van der Waals surface area (Å²) in [5, 5.41) is 14.5. The lowest BCUT2D eigenvalue weighted by atomic mass is 10.0. The van der Waals surface area contributed by atoms with E-state index in [0.717, 1.165) is 6.07 Å². The van der Waals surface area contributed by atoms with Crippen LogP contribution in [0.3, 0.4) is 0 Å². The van der Waals surface area contributed by atoms with Gasteiger partial charge >= 0.3 is 0 Å². The molecule has 5 rings (SSSR count). The van der Waals surface area contributed by atoms with Crippen LogP contribution in [0, 0.1) is 28.4 Å². The van der Waals surface area contributed by atoms with E-state index in [0.29, 0.717) is 24.0 Å². The van der Waals surface area contributed by atoms with Crippen molar-refractivity contribution in [1.29, 1.82) is 5.26 Å². The van der Waals surface area contributed by atoms with Crippen molar-refractivity contribution < 1.29 is 27.8 Å². The molecule has 1 saturated carbocycles. The Hall–Kier alpha value is -5.11. The highest BCUT2D eigenvalue weighted by molar-refractivity contribution is 6.16. The van der Waals surface area contributed by atoms with Crippen molar-refractivity contribution >= 4 is 34.2 Å². The number of carbonyl (C=O) groups is 2. The first-order chi connectivity index (χ1) is 18.3. The Morgan fingerprint density at radius 2 is 1.63 bits per heavy atom. The van der Waals surface area contributed by atoms with Gasteiger partial charge in [0.25, 0.3) is 0 Å². The maximum atomic E-state index is 14.9. The van der Waals surface area contributed by atoms with Crippen molar-refractivity contribution in [3.05, 3.63) is 78.1 Å². The Bertz CT molecular complexity index is 1610. The minimum Gasteiger partial charge on any atom is -0.494 e. The van der Waals surface area contributed by atoms with Crippen LogP contribution in [0.1, 0.15) is 18.5 Å². The highest BCUT2D eigenvalue weighted by Crippen LogP contribution is 2.47. The number of fused-ring (bicyclic) bond motifs is 1. The van der Waals surface area contributed by atoms with Crippen LogP contribution >= 0.6 is 0 Å². The Kier molecular flexibility index (Phi) is 6.30. The van der Waals surface area contributed by atoms with Crippen LogP contribution in [-0.4, -0.2) is 28.9 Å². The maximum Gasteiger partial charge on any atom is 0.240 e. The molecule has 2 heterocycles. The Balaban J connectivity index is 1.31. The monoisotopic (exact) mass is 515 g/mol. The van der Waals surface area contributed by atoms with Gasteiger partial charge in [0.05, 0.1) is 12.6 Å². The molecule has 190 valence electrons. The zero-order valence-electron chi connectivity index (χ0n) is 19.9. The van der Waals surface area contributed by atoms with Crippen molar-refractivity contribution in [3.8, 4) is 23.3 Å². The summed E-state index contributed by atoms with van der Waals surface area (Å²) >= 11 is 0. The average Bonchev–Trinajstić information content (AvgIpc) is 3.73. The van der Waals surface area contributed by atoms with Crippen LogP contribution in [0.4, 0.5) is 20.2 Å². The molecule has 0 atom stereocenters. The molecule has 0 aliphatic heterocycles. The Labute approximate surface area is 215 Å². The minimum absolute atomic E-state index is 0.0221. The Morgan fingerprint density at radius 3 is 2.26 bits per heavy atom. The van der Waals surface area contributed by atoms with E-state index in [1.54, 1.807) is 0 Å². The lowest BCUT2D eigenvalue weighted by Gasteiger charge is -2.16. The first-order valence-electron chi connectivity index (χ1n) is 11.4. The minimum atomic E-state index is -1.29. The summed E-state index contributed by atoms with van der Waals surface area (Å²) in [6, 6.07) is 14.0. The predicted molar refractivity (Wildman–Crippen MR) is 133 cm³/mol. The molecule has 0 saturated heterocycles. The first-order valence-corrected chi connectivity index (χ1v) is 11.4. The van der Waals surface area contributed by atoms with E-state index in [-0.39, 0.29) is 34.1 Å². The van der Waals surface area contributed by atoms with Gasteiger partial charge in [-0.2, -0.15) is 5.26 Å². The van der Waals surface area contributed by atoms with E-state index in [1.807, 2.05) is 6.07 Å². The molecular weight excluding hydrogens is 496 g/mol. The van der Waals surface area contributed by atoms with Crippen LogP contribution < -0.4 is 20.1 Å². The number of methoxy groups -OCH3 is 1. The summed E-state index contributed by atoms with van der Waals surface area (Å²) in [6.45, 7) is 0. The maximum absolute atomic E-state index is 14.9. The number of rotatable bonds is 7.